The van der Waals surface area contributed by atoms with Gasteiger partial charge in [0.25, 0.3) is 6.43 Å². The van der Waals surface area contributed by atoms with E-state index in [9.17, 15) is 13.2 Å². The number of aliphatic hydroxyl groups is 1. The number of alkyl halides is 2. The van der Waals surface area contributed by atoms with E-state index in [0.717, 1.165) is 6.20 Å². The fourth-order valence-corrected chi connectivity index (χ4v) is 0.974. The Labute approximate surface area is 73.0 Å². The fourth-order valence-electron chi connectivity index (χ4n) is 0.974. The number of pyridine rings is 1. The van der Waals surface area contributed by atoms with Crippen LogP contribution in [0.4, 0.5) is 13.2 Å². The summed E-state index contributed by atoms with van der Waals surface area (Å²) in [6, 6.07) is 0. The lowest BCUT2D eigenvalue weighted by Crippen LogP contribution is -2.02. The summed E-state index contributed by atoms with van der Waals surface area (Å²) in [6.45, 7) is 0.647. The van der Waals surface area contributed by atoms with Gasteiger partial charge in [-0.15, -0.1) is 0 Å². The van der Waals surface area contributed by atoms with Gasteiger partial charge in [-0.05, 0) is 12.5 Å². The van der Waals surface area contributed by atoms with Gasteiger partial charge in [0.1, 0.15) is 11.5 Å². The second-order valence-corrected chi connectivity index (χ2v) is 2.56. The van der Waals surface area contributed by atoms with E-state index in [1.807, 2.05) is 0 Å². The topological polar surface area (TPSA) is 33.1 Å². The highest BCUT2D eigenvalue weighted by atomic mass is 19.3. The zero-order valence-corrected chi connectivity index (χ0v) is 6.89. The molecule has 2 nitrogen and oxygen atoms in total. The highest BCUT2D eigenvalue weighted by Crippen LogP contribution is 2.24. The molecule has 0 aromatic carbocycles. The summed E-state index contributed by atoms with van der Waals surface area (Å²) in [5, 5.41) is 8.58. The summed E-state index contributed by atoms with van der Waals surface area (Å²) in [5.74, 6) is -0.861. The van der Waals surface area contributed by atoms with E-state index < -0.39 is 24.4 Å². The highest BCUT2D eigenvalue weighted by Gasteiger charge is 2.16. The standard InChI is InChI=1S/C8H8F3NO/c1-4-5(8(10)11)2-12-6(3-13)7(4)9/h2,8,13H,3H2,1H3. The normalized spacial score (nSPS) is 10.9. The van der Waals surface area contributed by atoms with Crippen LogP contribution in [-0.4, -0.2) is 10.1 Å². The molecule has 1 aromatic rings. The van der Waals surface area contributed by atoms with Gasteiger partial charge >= 0.3 is 0 Å². The van der Waals surface area contributed by atoms with Crippen molar-refractivity contribution in [2.24, 2.45) is 0 Å². The van der Waals surface area contributed by atoms with E-state index in [0.29, 0.717) is 0 Å². The van der Waals surface area contributed by atoms with Crippen molar-refractivity contribution in [1.29, 1.82) is 0 Å². The quantitative estimate of drug-likeness (QED) is 0.775. The molecule has 0 radical (unpaired) electrons. The molecule has 0 saturated carbocycles. The summed E-state index contributed by atoms with van der Waals surface area (Å²) in [7, 11) is 0. The SMILES string of the molecule is Cc1c(C(F)F)cnc(CO)c1F. The monoisotopic (exact) mass is 191 g/mol. The molecule has 1 aromatic heterocycles. The van der Waals surface area contributed by atoms with Crippen molar-refractivity contribution in [2.75, 3.05) is 0 Å². The Morgan fingerprint density at radius 3 is 2.62 bits per heavy atom. The number of rotatable bonds is 2. The second kappa shape index (κ2) is 3.74. The van der Waals surface area contributed by atoms with Gasteiger partial charge in [-0.25, -0.2) is 13.2 Å². The summed E-state index contributed by atoms with van der Waals surface area (Å²) >= 11 is 0. The van der Waals surface area contributed by atoms with Gasteiger partial charge in [0.15, 0.2) is 0 Å². The van der Waals surface area contributed by atoms with E-state index >= 15 is 0 Å². The first-order chi connectivity index (χ1) is 6.07. The maximum atomic E-state index is 13.1. The molecule has 72 valence electrons. The third-order valence-corrected chi connectivity index (χ3v) is 1.76. The van der Waals surface area contributed by atoms with Gasteiger partial charge in [-0.2, -0.15) is 0 Å². The lowest BCUT2D eigenvalue weighted by Gasteiger charge is -2.07. The first kappa shape index (κ1) is 9.98. The largest absolute Gasteiger partial charge is 0.390 e. The van der Waals surface area contributed by atoms with Gasteiger partial charge in [0, 0.05) is 11.8 Å². The number of aromatic nitrogens is 1. The average molecular weight is 191 g/mol. The van der Waals surface area contributed by atoms with Crippen LogP contribution in [0.5, 0.6) is 0 Å². The molecular weight excluding hydrogens is 183 g/mol. The van der Waals surface area contributed by atoms with E-state index in [2.05, 4.69) is 4.98 Å². The van der Waals surface area contributed by atoms with Crippen LogP contribution in [-0.2, 0) is 6.61 Å². The molecule has 0 saturated heterocycles. The number of halogens is 3. The van der Waals surface area contributed by atoms with Crippen molar-refractivity contribution < 1.29 is 18.3 Å². The van der Waals surface area contributed by atoms with Gasteiger partial charge in [0.2, 0.25) is 0 Å². The molecule has 13 heavy (non-hydrogen) atoms. The first-order valence-electron chi connectivity index (χ1n) is 3.60. The molecule has 0 aliphatic rings. The van der Waals surface area contributed by atoms with Crippen LogP contribution < -0.4 is 0 Å². The van der Waals surface area contributed by atoms with Gasteiger partial charge in [0.05, 0.1) is 6.61 Å². The third kappa shape index (κ3) is 1.80. The lowest BCUT2D eigenvalue weighted by atomic mass is 10.1. The number of aliphatic hydroxyl groups excluding tert-OH is 1. The second-order valence-electron chi connectivity index (χ2n) is 2.56. The van der Waals surface area contributed by atoms with E-state index in [-0.39, 0.29) is 11.3 Å². The van der Waals surface area contributed by atoms with Crippen LogP contribution in [0.3, 0.4) is 0 Å². The van der Waals surface area contributed by atoms with E-state index in [1.165, 1.54) is 6.92 Å². The molecule has 1 N–H and O–H groups in total. The summed E-state index contributed by atoms with van der Waals surface area (Å²) in [4.78, 5) is 3.37. The number of nitrogens with zero attached hydrogens (tertiary/aromatic N) is 1. The van der Waals surface area contributed by atoms with Crippen LogP contribution in [0.25, 0.3) is 0 Å². The van der Waals surface area contributed by atoms with Crippen LogP contribution in [0.15, 0.2) is 6.20 Å². The zero-order chi connectivity index (χ0) is 10.0. The van der Waals surface area contributed by atoms with Crippen molar-refractivity contribution in [3.63, 3.8) is 0 Å². The summed E-state index contributed by atoms with van der Waals surface area (Å²) in [6.07, 6.45) is -1.86. The van der Waals surface area contributed by atoms with E-state index in [1.54, 1.807) is 0 Å². The Morgan fingerprint density at radius 2 is 2.15 bits per heavy atom. The average Bonchev–Trinajstić information content (AvgIpc) is 2.09. The van der Waals surface area contributed by atoms with Crippen LogP contribution in [0, 0.1) is 12.7 Å². The molecule has 0 atom stereocenters. The van der Waals surface area contributed by atoms with Gasteiger partial charge in [-0.1, -0.05) is 0 Å². The smallest absolute Gasteiger partial charge is 0.265 e. The number of hydrogen-bond donors (Lipinski definition) is 1. The predicted octanol–water partition coefficient (Wildman–Crippen LogP) is 1.96. The maximum absolute atomic E-state index is 13.1. The Morgan fingerprint density at radius 1 is 1.54 bits per heavy atom. The fraction of sp³-hybridized carbons (Fsp3) is 0.375. The summed E-state index contributed by atoms with van der Waals surface area (Å²) < 4.78 is 37.4. The van der Waals surface area contributed by atoms with Crippen molar-refractivity contribution in [3.05, 3.63) is 28.8 Å². The molecule has 0 fully saturated rings. The minimum absolute atomic E-state index is 0.158. The minimum Gasteiger partial charge on any atom is -0.390 e. The van der Waals surface area contributed by atoms with Crippen LogP contribution >= 0.6 is 0 Å². The van der Waals surface area contributed by atoms with Crippen LogP contribution in [0.1, 0.15) is 23.2 Å². The third-order valence-electron chi connectivity index (χ3n) is 1.76. The first-order valence-corrected chi connectivity index (χ1v) is 3.60. The van der Waals surface area contributed by atoms with Gasteiger partial charge in [-0.3, -0.25) is 4.98 Å². The zero-order valence-electron chi connectivity index (χ0n) is 6.89. The highest BCUT2D eigenvalue weighted by molar-refractivity contribution is 5.27. The molecular formula is C8H8F3NO. The summed E-state index contributed by atoms with van der Waals surface area (Å²) in [5.41, 5.74) is -0.800. The predicted molar refractivity (Wildman–Crippen MR) is 39.8 cm³/mol. The van der Waals surface area contributed by atoms with Crippen molar-refractivity contribution in [3.8, 4) is 0 Å². The molecule has 0 unspecified atom stereocenters. The molecule has 5 heteroatoms. The van der Waals surface area contributed by atoms with Gasteiger partial charge < -0.3 is 5.11 Å². The molecule has 0 amide bonds. The minimum atomic E-state index is -2.74. The Balaban J connectivity index is 3.23. The van der Waals surface area contributed by atoms with Crippen molar-refractivity contribution in [2.45, 2.75) is 20.0 Å². The Bertz CT molecular complexity index is 315. The Hall–Kier alpha value is -1.10. The molecule has 0 aliphatic heterocycles. The molecule has 1 heterocycles. The van der Waals surface area contributed by atoms with E-state index in [4.69, 9.17) is 5.11 Å². The van der Waals surface area contributed by atoms with Crippen molar-refractivity contribution in [1.82, 2.24) is 4.98 Å². The molecule has 0 spiro atoms. The Kier molecular flexibility index (Phi) is 2.87. The van der Waals surface area contributed by atoms with Crippen LogP contribution in [0.2, 0.25) is 0 Å². The molecule has 1 rings (SSSR count). The number of hydrogen-bond acceptors (Lipinski definition) is 2. The molecule has 0 aliphatic carbocycles. The maximum Gasteiger partial charge on any atom is 0.265 e. The lowest BCUT2D eigenvalue weighted by molar-refractivity contribution is 0.149. The molecule has 0 bridgehead atoms. The van der Waals surface area contributed by atoms with Crippen molar-refractivity contribution >= 4 is 0 Å².